The second kappa shape index (κ2) is 6.89. The topological polar surface area (TPSA) is 83.8 Å². The zero-order valence-electron chi connectivity index (χ0n) is 11.8. The SMILES string of the molecule is CCC(C(=O)O)C(C(CC)C(=O)O)[Si](C)(C)OC. The Morgan fingerprint density at radius 1 is 1.06 bits per heavy atom. The van der Waals surface area contributed by atoms with Gasteiger partial charge in [-0.3, -0.25) is 9.59 Å². The lowest BCUT2D eigenvalue weighted by Gasteiger charge is -2.38. The van der Waals surface area contributed by atoms with E-state index in [1.54, 1.807) is 21.0 Å². The van der Waals surface area contributed by atoms with Gasteiger partial charge in [-0.25, -0.2) is 0 Å². The van der Waals surface area contributed by atoms with Crippen LogP contribution in [0.5, 0.6) is 0 Å². The molecule has 0 bridgehead atoms. The summed E-state index contributed by atoms with van der Waals surface area (Å²) < 4.78 is 5.48. The van der Waals surface area contributed by atoms with Gasteiger partial charge >= 0.3 is 11.9 Å². The van der Waals surface area contributed by atoms with Crippen molar-refractivity contribution in [3.63, 3.8) is 0 Å². The molecule has 0 heterocycles. The molecule has 0 aromatic heterocycles. The first-order chi connectivity index (χ1) is 8.22. The van der Waals surface area contributed by atoms with Crippen LogP contribution in [0.4, 0.5) is 0 Å². The van der Waals surface area contributed by atoms with E-state index in [9.17, 15) is 19.8 Å². The number of carbonyl (C=O) groups is 2. The van der Waals surface area contributed by atoms with Crippen molar-refractivity contribution in [2.75, 3.05) is 7.11 Å². The van der Waals surface area contributed by atoms with E-state index in [1.807, 2.05) is 13.1 Å². The molecule has 0 amide bonds. The van der Waals surface area contributed by atoms with E-state index in [2.05, 4.69) is 0 Å². The lowest BCUT2D eigenvalue weighted by Crippen LogP contribution is -2.47. The maximum absolute atomic E-state index is 11.4. The Hall–Kier alpha value is -0.883. The minimum Gasteiger partial charge on any atom is -0.481 e. The van der Waals surface area contributed by atoms with Gasteiger partial charge in [-0.1, -0.05) is 13.8 Å². The van der Waals surface area contributed by atoms with Crippen molar-refractivity contribution < 1.29 is 24.2 Å². The Balaban J connectivity index is 5.54. The minimum atomic E-state index is -2.36. The highest BCUT2D eigenvalue weighted by atomic mass is 28.4. The van der Waals surface area contributed by atoms with Crippen LogP contribution in [-0.4, -0.2) is 37.6 Å². The molecular weight excluding hydrogens is 252 g/mol. The third-order valence-electron chi connectivity index (χ3n) is 3.71. The Bertz CT molecular complexity index is 281. The first-order valence-corrected chi connectivity index (χ1v) is 9.22. The van der Waals surface area contributed by atoms with Gasteiger partial charge in [0.1, 0.15) is 0 Å². The highest BCUT2D eigenvalue weighted by Crippen LogP contribution is 2.41. The predicted molar refractivity (Wildman–Crippen MR) is 71.1 cm³/mol. The number of hydrogen-bond acceptors (Lipinski definition) is 3. The molecule has 2 atom stereocenters. The number of carboxylic acids is 2. The molecule has 0 aliphatic heterocycles. The number of rotatable bonds is 8. The summed E-state index contributed by atoms with van der Waals surface area (Å²) in [6.07, 6.45) is 0.840. The fourth-order valence-corrected chi connectivity index (χ4v) is 5.52. The summed E-state index contributed by atoms with van der Waals surface area (Å²) in [6.45, 7) is 7.32. The molecule has 5 nitrogen and oxygen atoms in total. The lowest BCUT2D eigenvalue weighted by molar-refractivity contribution is -0.146. The summed E-state index contributed by atoms with van der Waals surface area (Å²) in [6, 6.07) is 0. The fraction of sp³-hybridized carbons (Fsp3) is 0.833. The summed E-state index contributed by atoms with van der Waals surface area (Å²) >= 11 is 0. The molecule has 0 aliphatic rings. The van der Waals surface area contributed by atoms with Gasteiger partial charge in [0.2, 0.25) is 0 Å². The van der Waals surface area contributed by atoms with Crippen molar-refractivity contribution in [1.29, 1.82) is 0 Å². The monoisotopic (exact) mass is 276 g/mol. The Morgan fingerprint density at radius 2 is 1.39 bits per heavy atom. The van der Waals surface area contributed by atoms with Crippen molar-refractivity contribution in [3.8, 4) is 0 Å². The maximum atomic E-state index is 11.4. The first kappa shape index (κ1) is 17.1. The van der Waals surface area contributed by atoms with Crippen LogP contribution < -0.4 is 0 Å². The fourth-order valence-electron chi connectivity index (χ4n) is 2.55. The molecule has 0 aromatic rings. The van der Waals surface area contributed by atoms with Gasteiger partial charge in [0, 0.05) is 12.7 Å². The number of hydrogen-bond donors (Lipinski definition) is 2. The van der Waals surface area contributed by atoms with E-state index < -0.39 is 37.6 Å². The second-order valence-corrected chi connectivity index (χ2v) is 9.32. The normalized spacial score (nSPS) is 16.9. The van der Waals surface area contributed by atoms with Crippen molar-refractivity contribution in [3.05, 3.63) is 0 Å². The van der Waals surface area contributed by atoms with Gasteiger partial charge in [-0.2, -0.15) is 0 Å². The lowest BCUT2D eigenvalue weighted by atomic mass is 9.90. The van der Waals surface area contributed by atoms with Crippen molar-refractivity contribution in [2.24, 2.45) is 11.8 Å². The predicted octanol–water partition coefficient (Wildman–Crippen LogP) is 2.43. The third-order valence-corrected chi connectivity index (χ3v) is 7.17. The molecule has 6 heteroatoms. The zero-order chi connectivity index (χ0) is 14.5. The highest BCUT2D eigenvalue weighted by molar-refractivity contribution is 6.73. The molecule has 0 rings (SSSR count). The molecular formula is C12H24O5Si. The van der Waals surface area contributed by atoms with Crippen LogP contribution in [-0.2, 0) is 14.0 Å². The smallest absolute Gasteiger partial charge is 0.306 e. The van der Waals surface area contributed by atoms with Crippen LogP contribution >= 0.6 is 0 Å². The number of carboxylic acid groups (broad SMARTS) is 2. The van der Waals surface area contributed by atoms with E-state index >= 15 is 0 Å². The quantitative estimate of drug-likeness (QED) is 0.665. The summed E-state index contributed by atoms with van der Waals surface area (Å²) in [5.41, 5.74) is -0.424. The van der Waals surface area contributed by atoms with Crippen LogP contribution in [0.25, 0.3) is 0 Å². The zero-order valence-corrected chi connectivity index (χ0v) is 12.8. The van der Waals surface area contributed by atoms with E-state index in [0.717, 1.165) is 0 Å². The average molecular weight is 276 g/mol. The molecule has 0 radical (unpaired) electrons. The molecule has 0 saturated carbocycles. The molecule has 0 aromatic carbocycles. The van der Waals surface area contributed by atoms with Gasteiger partial charge in [0.25, 0.3) is 0 Å². The van der Waals surface area contributed by atoms with E-state index in [0.29, 0.717) is 12.8 Å². The molecule has 0 aliphatic carbocycles. The van der Waals surface area contributed by atoms with Crippen molar-refractivity contribution >= 4 is 20.3 Å². The van der Waals surface area contributed by atoms with E-state index in [-0.39, 0.29) is 0 Å². The van der Waals surface area contributed by atoms with Crippen LogP contribution in [0.1, 0.15) is 26.7 Å². The summed E-state index contributed by atoms with van der Waals surface area (Å²) in [5, 5.41) is 18.6. The molecule has 0 fully saturated rings. The van der Waals surface area contributed by atoms with Crippen molar-refractivity contribution in [1.82, 2.24) is 0 Å². The molecule has 0 spiro atoms. The second-order valence-electron chi connectivity index (χ2n) is 5.04. The van der Waals surface area contributed by atoms with Crippen LogP contribution in [0.15, 0.2) is 0 Å². The van der Waals surface area contributed by atoms with Crippen LogP contribution in [0.2, 0.25) is 18.6 Å². The standard InChI is InChI=1S/C12H24O5Si/c1-6-8(11(13)14)10(18(4,5)17-3)9(7-2)12(15)16/h8-10H,6-7H2,1-5H3,(H,13,14)(H,15,16). The van der Waals surface area contributed by atoms with Crippen molar-refractivity contribution in [2.45, 2.75) is 45.3 Å². The Morgan fingerprint density at radius 3 is 1.56 bits per heavy atom. The maximum Gasteiger partial charge on any atom is 0.306 e. The largest absolute Gasteiger partial charge is 0.481 e. The van der Waals surface area contributed by atoms with Crippen LogP contribution in [0.3, 0.4) is 0 Å². The highest BCUT2D eigenvalue weighted by Gasteiger charge is 2.47. The number of aliphatic carboxylic acids is 2. The minimum absolute atomic E-state index is 0.420. The molecule has 2 N–H and O–H groups in total. The van der Waals surface area contributed by atoms with Gasteiger partial charge < -0.3 is 14.6 Å². The summed E-state index contributed by atoms with van der Waals surface area (Å²) in [5.74, 6) is -3.18. The van der Waals surface area contributed by atoms with Crippen LogP contribution in [0, 0.1) is 11.8 Å². The Labute approximate surface area is 109 Å². The van der Waals surface area contributed by atoms with E-state index in [4.69, 9.17) is 4.43 Å². The summed E-state index contributed by atoms with van der Waals surface area (Å²) in [7, 11) is -0.818. The third kappa shape index (κ3) is 3.81. The molecule has 2 unspecified atom stereocenters. The van der Waals surface area contributed by atoms with Gasteiger partial charge in [0.15, 0.2) is 8.32 Å². The molecule has 0 saturated heterocycles. The summed E-state index contributed by atoms with van der Waals surface area (Å²) in [4.78, 5) is 22.7. The molecule has 106 valence electrons. The molecule has 18 heavy (non-hydrogen) atoms. The van der Waals surface area contributed by atoms with E-state index in [1.165, 1.54) is 0 Å². The van der Waals surface area contributed by atoms with Gasteiger partial charge in [-0.05, 0) is 25.9 Å². The first-order valence-electron chi connectivity index (χ1n) is 6.23. The van der Waals surface area contributed by atoms with Gasteiger partial charge in [0.05, 0.1) is 11.8 Å². The Kier molecular flexibility index (Phi) is 6.55. The van der Waals surface area contributed by atoms with Gasteiger partial charge in [-0.15, -0.1) is 0 Å². The average Bonchev–Trinajstić information content (AvgIpc) is 2.28.